The maximum absolute atomic E-state index is 2.54. The van der Waals surface area contributed by atoms with Crippen LogP contribution in [0, 0.1) is 23.7 Å². The number of hydrogen-bond acceptors (Lipinski definition) is 2. The summed E-state index contributed by atoms with van der Waals surface area (Å²) in [6, 6.07) is 47.1. The van der Waals surface area contributed by atoms with Gasteiger partial charge in [0, 0.05) is 34.1 Å². The Labute approximate surface area is 466 Å². The van der Waals surface area contributed by atoms with Crippen molar-refractivity contribution in [2.45, 2.75) is 186 Å². The van der Waals surface area contributed by atoms with Crippen LogP contribution >= 0.6 is 0 Å². The number of nitrogens with zero attached hydrogens (tertiary/aromatic N) is 2. The molecule has 0 N–H and O–H groups in total. The fourth-order valence-corrected chi connectivity index (χ4v) is 13.9. The van der Waals surface area contributed by atoms with Gasteiger partial charge in [-0.15, -0.1) is 0 Å². The topological polar surface area (TPSA) is 6.48 Å². The van der Waals surface area contributed by atoms with E-state index in [2.05, 4.69) is 213 Å². The second-order valence-corrected chi connectivity index (χ2v) is 24.1. The van der Waals surface area contributed by atoms with Gasteiger partial charge in [0.15, 0.2) is 0 Å². The van der Waals surface area contributed by atoms with Crippen LogP contribution in [0.15, 0.2) is 181 Å². The molecule has 402 valence electrons. The fraction of sp³-hybridized carbons (Fsp3) is 0.440. The van der Waals surface area contributed by atoms with Crippen molar-refractivity contribution in [1.82, 2.24) is 0 Å². The lowest BCUT2D eigenvalue weighted by atomic mass is 9.77. The Morgan fingerprint density at radius 3 is 1.25 bits per heavy atom. The van der Waals surface area contributed by atoms with Crippen LogP contribution in [0.1, 0.15) is 214 Å². The normalized spacial score (nSPS) is 21.9. The van der Waals surface area contributed by atoms with Gasteiger partial charge < -0.3 is 9.80 Å². The van der Waals surface area contributed by atoms with E-state index in [4.69, 9.17) is 0 Å². The molecule has 5 aromatic carbocycles. The summed E-state index contributed by atoms with van der Waals surface area (Å²) in [7, 11) is 0. The molecule has 0 heterocycles. The van der Waals surface area contributed by atoms with E-state index in [9.17, 15) is 0 Å². The molecular formula is C75H92N2. The second-order valence-electron chi connectivity index (χ2n) is 24.1. The highest BCUT2D eigenvalue weighted by Gasteiger charge is 2.26. The van der Waals surface area contributed by atoms with Gasteiger partial charge in [0.25, 0.3) is 0 Å². The first-order valence-electron chi connectivity index (χ1n) is 31.2. The maximum atomic E-state index is 2.54. The summed E-state index contributed by atoms with van der Waals surface area (Å²) in [4.78, 5) is 4.95. The quantitative estimate of drug-likeness (QED) is 0.103. The standard InChI is InChI=1S/C72H84N2.C3H8/c1-54-53-57(26-25-56-30-43-68(44-31-56)74(71-49-37-65(38-50-71)61-20-10-4-11-21-61)72-51-39-66(40-52-72)62-22-12-5-13-23-62)27-32-58(54)24-14-15-55-28-41-67(42-29-55)73(69-45-33-63(34-46-69)59-16-6-2-7-17-59)70-47-35-64(36-48-70)60-18-8-3-9-19-60;1-3-2/h14-15,25-35,37-54,58-62,64H,2-13,16-24,36H2,1H3;3H2,1-2H3/b15-14+,26-25+;/t54?,58?,64-;/m1./s1. The Morgan fingerprint density at radius 1 is 0.429 bits per heavy atom. The predicted molar refractivity (Wildman–Crippen MR) is 334 cm³/mol. The monoisotopic (exact) mass is 1020 g/mol. The number of hydrogen-bond donors (Lipinski definition) is 0. The summed E-state index contributed by atoms with van der Waals surface area (Å²) in [5.41, 5.74) is 15.8. The smallest absolute Gasteiger partial charge is 0.0462 e. The van der Waals surface area contributed by atoms with Gasteiger partial charge in [-0.3, -0.25) is 0 Å². The molecule has 3 atom stereocenters. The van der Waals surface area contributed by atoms with Gasteiger partial charge in [0.2, 0.25) is 0 Å². The molecule has 0 saturated heterocycles. The van der Waals surface area contributed by atoms with Gasteiger partial charge in [-0.05, 0) is 206 Å². The first kappa shape index (κ1) is 54.5. The summed E-state index contributed by atoms with van der Waals surface area (Å²) in [6.45, 7) is 6.62. The molecule has 0 aliphatic heterocycles. The highest BCUT2D eigenvalue weighted by molar-refractivity contribution is 5.78. The lowest BCUT2D eigenvalue weighted by Gasteiger charge is -2.33. The Morgan fingerprint density at radius 2 is 0.831 bits per heavy atom. The number of rotatable bonds is 15. The molecule has 5 aromatic rings. The first-order chi connectivity index (χ1) is 38.0. The van der Waals surface area contributed by atoms with Crippen LogP contribution in [0.3, 0.4) is 0 Å². The molecule has 4 saturated carbocycles. The number of benzene rings is 5. The second kappa shape index (κ2) is 27.6. The Hall–Kier alpha value is -5.86. The highest BCUT2D eigenvalue weighted by Crippen LogP contribution is 2.42. The van der Waals surface area contributed by atoms with Gasteiger partial charge in [-0.2, -0.15) is 0 Å². The first-order valence-corrected chi connectivity index (χ1v) is 31.2. The third-order valence-electron chi connectivity index (χ3n) is 18.5. The van der Waals surface area contributed by atoms with Crippen LogP contribution in [-0.2, 0) is 0 Å². The predicted octanol–water partition coefficient (Wildman–Crippen LogP) is 22.8. The van der Waals surface area contributed by atoms with Crippen molar-refractivity contribution in [2.75, 3.05) is 9.80 Å². The third kappa shape index (κ3) is 14.4. The van der Waals surface area contributed by atoms with Crippen LogP contribution in [0.2, 0.25) is 0 Å². The summed E-state index contributed by atoms with van der Waals surface area (Å²) in [5, 5.41) is 0. The van der Waals surface area contributed by atoms with Crippen molar-refractivity contribution in [2.24, 2.45) is 23.7 Å². The molecule has 77 heavy (non-hydrogen) atoms. The molecule has 2 nitrogen and oxygen atoms in total. The summed E-state index contributed by atoms with van der Waals surface area (Å²) in [5.74, 6) is 4.61. The molecule has 0 radical (unpaired) electrons. The van der Waals surface area contributed by atoms with Crippen LogP contribution in [0.5, 0.6) is 0 Å². The van der Waals surface area contributed by atoms with Gasteiger partial charge in [0.1, 0.15) is 0 Å². The van der Waals surface area contributed by atoms with Crippen molar-refractivity contribution in [3.8, 4) is 0 Å². The van der Waals surface area contributed by atoms with E-state index in [0.717, 1.165) is 24.7 Å². The summed E-state index contributed by atoms with van der Waals surface area (Å²) in [6.07, 6.45) is 54.8. The molecular weight excluding hydrogens is 929 g/mol. The van der Waals surface area contributed by atoms with Crippen molar-refractivity contribution >= 4 is 40.6 Å². The molecule has 4 fully saturated rings. The van der Waals surface area contributed by atoms with E-state index in [-0.39, 0.29) is 0 Å². The van der Waals surface area contributed by atoms with Crippen LogP contribution in [0.25, 0.3) is 12.2 Å². The van der Waals surface area contributed by atoms with E-state index < -0.39 is 0 Å². The van der Waals surface area contributed by atoms with Gasteiger partial charge in [-0.1, -0.05) is 220 Å². The molecule has 0 aromatic heterocycles. The summed E-state index contributed by atoms with van der Waals surface area (Å²) < 4.78 is 0. The van der Waals surface area contributed by atoms with Crippen LogP contribution < -0.4 is 9.80 Å². The largest absolute Gasteiger partial charge is 0.311 e. The molecule has 2 heteroatoms. The van der Waals surface area contributed by atoms with Crippen molar-refractivity contribution in [3.05, 3.63) is 209 Å². The Balaban J connectivity index is 0.00000219. The Bertz CT molecular complexity index is 2700. The van der Waals surface area contributed by atoms with Crippen molar-refractivity contribution in [1.29, 1.82) is 0 Å². The molecule has 6 aliphatic rings. The zero-order valence-corrected chi connectivity index (χ0v) is 47.5. The van der Waals surface area contributed by atoms with Gasteiger partial charge in [0.05, 0.1) is 0 Å². The average molecular weight is 1020 g/mol. The molecule has 11 rings (SSSR count). The molecule has 2 unspecified atom stereocenters. The van der Waals surface area contributed by atoms with Crippen LogP contribution in [-0.4, -0.2) is 0 Å². The maximum Gasteiger partial charge on any atom is 0.0462 e. The number of anilines is 5. The van der Waals surface area contributed by atoms with Gasteiger partial charge >= 0.3 is 0 Å². The Kier molecular flexibility index (Phi) is 19.6. The van der Waals surface area contributed by atoms with Gasteiger partial charge in [-0.25, -0.2) is 0 Å². The zero-order valence-electron chi connectivity index (χ0n) is 47.5. The minimum Gasteiger partial charge on any atom is -0.311 e. The third-order valence-corrected chi connectivity index (χ3v) is 18.5. The number of allylic oxidation sites excluding steroid dienone is 9. The highest BCUT2D eigenvalue weighted by atomic mass is 15.1. The molecule has 6 aliphatic carbocycles. The van der Waals surface area contributed by atoms with E-state index in [0.29, 0.717) is 29.6 Å². The van der Waals surface area contributed by atoms with Crippen molar-refractivity contribution < 1.29 is 0 Å². The van der Waals surface area contributed by atoms with Crippen molar-refractivity contribution in [3.63, 3.8) is 0 Å². The average Bonchev–Trinajstić information content (AvgIpc) is 3.50. The van der Waals surface area contributed by atoms with E-state index in [1.807, 2.05) is 0 Å². The van der Waals surface area contributed by atoms with E-state index in [1.165, 1.54) is 202 Å². The lowest BCUT2D eigenvalue weighted by Crippen LogP contribution is -2.21. The zero-order chi connectivity index (χ0) is 52.6. The SMILES string of the molecule is CC1C=C(/C=C/c2ccc(N(c3ccc(C4CCCCC4)cc3)c3ccc(C4CCCCC4)cc3)cc2)C=CC1C/C=C/c1ccc(N(C2=CC[C@H](C3CCCCC3)C=C2)c2ccc(C3CCCCC3)cc2)cc1.CCC. The lowest BCUT2D eigenvalue weighted by molar-refractivity contribution is 0.285. The molecule has 0 bridgehead atoms. The molecule has 0 amide bonds. The van der Waals surface area contributed by atoms with E-state index in [1.54, 1.807) is 0 Å². The fourth-order valence-electron chi connectivity index (χ4n) is 13.9. The van der Waals surface area contributed by atoms with E-state index >= 15 is 0 Å². The minimum absolute atomic E-state index is 0.462. The molecule has 0 spiro atoms. The van der Waals surface area contributed by atoms with Crippen LogP contribution in [0.4, 0.5) is 28.4 Å². The minimum atomic E-state index is 0.462. The summed E-state index contributed by atoms with van der Waals surface area (Å²) >= 11 is 0.